The summed E-state index contributed by atoms with van der Waals surface area (Å²) in [5.74, 6) is 0.238. The molecule has 0 amide bonds. The van der Waals surface area contributed by atoms with Crippen LogP contribution in [0.2, 0.25) is 0 Å². The molecule has 0 bridgehead atoms. The second kappa shape index (κ2) is 1.97. The van der Waals surface area contributed by atoms with E-state index in [-0.39, 0.29) is 5.92 Å². The van der Waals surface area contributed by atoms with Gasteiger partial charge in [-0.1, -0.05) is 0 Å². The van der Waals surface area contributed by atoms with Crippen molar-refractivity contribution in [3.8, 4) is 0 Å². The van der Waals surface area contributed by atoms with E-state index in [2.05, 4.69) is 11.1 Å². The first-order valence-corrected chi connectivity index (χ1v) is 3.50. The van der Waals surface area contributed by atoms with E-state index in [1.165, 1.54) is 11.3 Å². The van der Waals surface area contributed by atoms with E-state index in [0.29, 0.717) is 0 Å². The van der Waals surface area contributed by atoms with E-state index >= 15 is 0 Å². The van der Waals surface area contributed by atoms with Gasteiger partial charge in [0.15, 0.2) is 0 Å². The fourth-order valence-corrected chi connectivity index (χ4v) is 1.53. The maximum absolute atomic E-state index is 10.4. The van der Waals surface area contributed by atoms with Crippen LogP contribution in [0.1, 0.15) is 11.3 Å². The molecular formula is C8H9NO. The highest BCUT2D eigenvalue weighted by molar-refractivity contribution is 5.57. The summed E-state index contributed by atoms with van der Waals surface area (Å²) in [4.78, 5) is 13.5. The van der Waals surface area contributed by atoms with Crippen LogP contribution in [0.4, 0.5) is 0 Å². The quantitative estimate of drug-likeness (QED) is 0.571. The normalized spacial score (nSPS) is 22.6. The van der Waals surface area contributed by atoms with Crippen LogP contribution >= 0.6 is 0 Å². The maximum atomic E-state index is 10.4. The average Bonchev–Trinajstić information content (AvgIpc) is 2.42. The Morgan fingerprint density at radius 1 is 1.60 bits per heavy atom. The Labute approximate surface area is 59.3 Å². The van der Waals surface area contributed by atoms with E-state index < -0.39 is 0 Å². The number of nitrogens with one attached hydrogen (secondary N) is 1. The van der Waals surface area contributed by atoms with Crippen molar-refractivity contribution in [2.45, 2.75) is 12.8 Å². The van der Waals surface area contributed by atoms with Crippen molar-refractivity contribution in [1.82, 2.24) is 4.98 Å². The van der Waals surface area contributed by atoms with Crippen LogP contribution in [-0.4, -0.2) is 11.3 Å². The molecule has 0 radical (unpaired) electrons. The fourth-order valence-electron chi connectivity index (χ4n) is 1.53. The number of aromatic nitrogens is 1. The van der Waals surface area contributed by atoms with Gasteiger partial charge in [0.25, 0.3) is 0 Å². The summed E-state index contributed by atoms with van der Waals surface area (Å²) < 4.78 is 0. The zero-order valence-electron chi connectivity index (χ0n) is 5.63. The molecule has 1 aliphatic carbocycles. The molecule has 0 spiro atoms. The van der Waals surface area contributed by atoms with Crippen molar-refractivity contribution in [2.75, 3.05) is 0 Å². The molecule has 0 aliphatic heterocycles. The molecule has 10 heavy (non-hydrogen) atoms. The van der Waals surface area contributed by atoms with Gasteiger partial charge >= 0.3 is 0 Å². The molecule has 2 nitrogen and oxygen atoms in total. The minimum atomic E-state index is 0.238. The topological polar surface area (TPSA) is 32.9 Å². The molecular weight excluding hydrogens is 126 g/mol. The van der Waals surface area contributed by atoms with Crippen molar-refractivity contribution in [3.05, 3.63) is 23.5 Å². The summed E-state index contributed by atoms with van der Waals surface area (Å²) >= 11 is 0. The molecule has 0 fully saturated rings. The first kappa shape index (κ1) is 5.71. The third kappa shape index (κ3) is 0.685. The Balaban J connectivity index is 2.28. The highest BCUT2D eigenvalue weighted by Crippen LogP contribution is 2.23. The van der Waals surface area contributed by atoms with Gasteiger partial charge in [-0.05, 0) is 24.5 Å². The van der Waals surface area contributed by atoms with Crippen molar-refractivity contribution >= 4 is 6.29 Å². The Morgan fingerprint density at radius 2 is 2.50 bits per heavy atom. The molecule has 2 rings (SSSR count). The van der Waals surface area contributed by atoms with Gasteiger partial charge in [0.1, 0.15) is 6.29 Å². The summed E-state index contributed by atoms with van der Waals surface area (Å²) in [7, 11) is 0. The molecule has 0 aromatic carbocycles. The predicted octanol–water partition coefficient (Wildman–Crippen LogP) is 0.928. The Morgan fingerprint density at radius 3 is 3.20 bits per heavy atom. The third-order valence-electron chi connectivity index (χ3n) is 2.07. The van der Waals surface area contributed by atoms with Crippen molar-refractivity contribution in [3.63, 3.8) is 0 Å². The smallest absolute Gasteiger partial charge is 0.123 e. The predicted molar refractivity (Wildman–Crippen MR) is 37.8 cm³/mol. The minimum absolute atomic E-state index is 0.238. The molecule has 1 atom stereocenters. The van der Waals surface area contributed by atoms with E-state index in [1.807, 2.05) is 6.20 Å². The molecule has 0 saturated heterocycles. The lowest BCUT2D eigenvalue weighted by molar-refractivity contribution is -0.110. The van der Waals surface area contributed by atoms with Crippen LogP contribution in [0.15, 0.2) is 12.3 Å². The van der Waals surface area contributed by atoms with Crippen LogP contribution in [0.25, 0.3) is 0 Å². The lowest BCUT2D eigenvalue weighted by Crippen LogP contribution is -2.00. The van der Waals surface area contributed by atoms with Crippen molar-refractivity contribution in [1.29, 1.82) is 0 Å². The second-order valence-corrected chi connectivity index (χ2v) is 2.79. The summed E-state index contributed by atoms with van der Waals surface area (Å²) in [5.41, 5.74) is 2.56. The number of hydrogen-bond donors (Lipinski definition) is 1. The lowest BCUT2D eigenvalue weighted by Gasteiger charge is -1.93. The van der Waals surface area contributed by atoms with Crippen molar-refractivity contribution in [2.24, 2.45) is 5.92 Å². The van der Waals surface area contributed by atoms with Crippen LogP contribution in [0.3, 0.4) is 0 Å². The highest BCUT2D eigenvalue weighted by atomic mass is 16.1. The van der Waals surface area contributed by atoms with Crippen molar-refractivity contribution < 1.29 is 4.79 Å². The first-order chi connectivity index (χ1) is 4.90. The largest absolute Gasteiger partial charge is 0.365 e. The number of carbonyl (C=O) groups is 1. The summed E-state index contributed by atoms with van der Waals surface area (Å²) in [6.07, 6.45) is 4.83. The molecule has 1 N–H and O–H groups in total. The van der Waals surface area contributed by atoms with Crippen LogP contribution in [0.5, 0.6) is 0 Å². The van der Waals surface area contributed by atoms with Gasteiger partial charge in [0.05, 0.1) is 0 Å². The summed E-state index contributed by atoms with van der Waals surface area (Å²) in [5, 5.41) is 0. The van der Waals surface area contributed by atoms with Gasteiger partial charge in [-0.2, -0.15) is 0 Å². The Hall–Kier alpha value is -1.05. The first-order valence-electron chi connectivity index (χ1n) is 3.50. The van der Waals surface area contributed by atoms with Gasteiger partial charge in [-0.25, -0.2) is 0 Å². The van der Waals surface area contributed by atoms with E-state index in [1.54, 1.807) is 0 Å². The van der Waals surface area contributed by atoms with E-state index in [0.717, 1.165) is 19.1 Å². The van der Waals surface area contributed by atoms with Gasteiger partial charge in [-0.15, -0.1) is 0 Å². The zero-order valence-corrected chi connectivity index (χ0v) is 5.63. The van der Waals surface area contributed by atoms with Crippen LogP contribution in [0, 0.1) is 5.92 Å². The van der Waals surface area contributed by atoms with E-state index in [4.69, 9.17) is 0 Å². The number of carbonyl (C=O) groups excluding carboxylic acids is 1. The standard InChI is InChI=1S/C8H9NO/c10-5-6-3-7-1-2-9-8(7)4-6/h1-2,5-6,9H,3-4H2. The lowest BCUT2D eigenvalue weighted by atomic mass is 10.1. The number of H-pyrrole nitrogens is 1. The van der Waals surface area contributed by atoms with Crippen LogP contribution < -0.4 is 0 Å². The average molecular weight is 135 g/mol. The third-order valence-corrected chi connectivity index (χ3v) is 2.07. The van der Waals surface area contributed by atoms with Gasteiger partial charge < -0.3 is 9.78 Å². The molecule has 1 unspecified atom stereocenters. The van der Waals surface area contributed by atoms with Crippen LogP contribution in [-0.2, 0) is 17.6 Å². The molecule has 52 valence electrons. The molecule has 1 aromatic heterocycles. The number of hydrogen-bond acceptors (Lipinski definition) is 1. The SMILES string of the molecule is O=CC1Cc2cc[nH]c2C1. The second-order valence-electron chi connectivity index (χ2n) is 2.79. The van der Waals surface area contributed by atoms with Gasteiger partial charge in [0.2, 0.25) is 0 Å². The molecule has 0 saturated carbocycles. The highest BCUT2D eigenvalue weighted by Gasteiger charge is 2.20. The summed E-state index contributed by atoms with van der Waals surface area (Å²) in [6, 6.07) is 2.05. The molecule has 1 aliphatic rings. The van der Waals surface area contributed by atoms with Gasteiger partial charge in [0, 0.05) is 17.8 Å². The molecule has 2 heteroatoms. The fraction of sp³-hybridized carbons (Fsp3) is 0.375. The summed E-state index contributed by atoms with van der Waals surface area (Å²) in [6.45, 7) is 0. The Bertz CT molecular complexity index is 231. The van der Waals surface area contributed by atoms with E-state index in [9.17, 15) is 4.79 Å². The number of fused-ring (bicyclic) bond motifs is 1. The minimum Gasteiger partial charge on any atom is -0.365 e. The molecule has 1 aromatic rings. The number of aromatic amines is 1. The molecule has 1 heterocycles. The monoisotopic (exact) mass is 135 g/mol. The van der Waals surface area contributed by atoms with Gasteiger partial charge in [-0.3, -0.25) is 0 Å². The number of rotatable bonds is 1. The maximum Gasteiger partial charge on any atom is 0.123 e. The Kier molecular flexibility index (Phi) is 1.13. The number of aldehydes is 1. The zero-order chi connectivity index (χ0) is 6.97.